The quantitative estimate of drug-likeness (QED) is 0.182. The van der Waals surface area contributed by atoms with Gasteiger partial charge in [0.15, 0.2) is 0 Å². The summed E-state index contributed by atoms with van der Waals surface area (Å²) in [6.45, 7) is 13.6. The van der Waals surface area contributed by atoms with Gasteiger partial charge < -0.3 is 9.67 Å². The van der Waals surface area contributed by atoms with Crippen LogP contribution in [-0.4, -0.2) is 19.6 Å². The van der Waals surface area contributed by atoms with Crippen molar-refractivity contribution in [1.82, 2.24) is 14.5 Å². The van der Waals surface area contributed by atoms with E-state index in [2.05, 4.69) is 198 Å². The van der Waals surface area contributed by atoms with Crippen LogP contribution in [0.4, 0.5) is 0 Å². The van der Waals surface area contributed by atoms with E-state index in [9.17, 15) is 5.11 Å². The number of aromatic hydroxyl groups is 1. The Morgan fingerprint density at radius 2 is 1.02 bits per heavy atom. The van der Waals surface area contributed by atoms with Gasteiger partial charge in [0.2, 0.25) is 0 Å². The van der Waals surface area contributed by atoms with Crippen molar-refractivity contribution in [2.75, 3.05) is 0 Å². The number of phenols is 1. The molecule has 0 saturated carbocycles. The zero-order valence-corrected chi connectivity index (χ0v) is 36.1. The van der Waals surface area contributed by atoms with E-state index in [4.69, 9.17) is 9.97 Å². The smallest absolute Gasteiger partial charge is 0.124 e. The molecule has 10 rings (SSSR count). The Morgan fingerprint density at radius 1 is 0.435 bits per heavy atom. The largest absolute Gasteiger partial charge is 0.507 e. The molecule has 0 radical (unpaired) electrons. The lowest BCUT2D eigenvalue weighted by atomic mass is 9.79. The fraction of sp³-hybridized carbons (Fsp3) is 0.138. The SMILES string of the molecule is CC(C)(C)c1cc(-c2cc(-c3cccc(-c4cc(-c5cccc6c7ccccc7n(-c7cccc8ccccc78)c56)ccn4)c3)nc(-c3ccccc3O)c2)cc(C(C)(C)C)c1. The van der Waals surface area contributed by atoms with Crippen LogP contribution < -0.4 is 0 Å². The van der Waals surface area contributed by atoms with Crippen molar-refractivity contribution in [2.45, 2.75) is 52.4 Å². The first-order valence-corrected chi connectivity index (χ1v) is 21.5. The standard InChI is InChI=1S/C58H49N3O/c1-57(2,3)43-31-41(32-44(36-43)58(4,5)6)42-34-51(60-52(35-42)49-22-10-12-27-55(49)62)40-19-13-18-39(30-40)50-33-38(28-29-59-50)46-23-15-24-48-47-21-9-11-25-54(47)61(56(46)48)53-26-14-17-37-16-7-8-20-45(37)53/h7-36,62H,1-6H3. The van der Waals surface area contributed by atoms with E-state index in [0.717, 1.165) is 50.5 Å². The van der Waals surface area contributed by atoms with Crippen molar-refractivity contribution in [2.24, 2.45) is 0 Å². The van der Waals surface area contributed by atoms with Crippen molar-refractivity contribution in [3.05, 3.63) is 193 Å². The van der Waals surface area contributed by atoms with Gasteiger partial charge in [0, 0.05) is 44.6 Å². The zero-order chi connectivity index (χ0) is 42.8. The van der Waals surface area contributed by atoms with Crippen LogP contribution in [0, 0.1) is 0 Å². The number of hydrogen-bond donors (Lipinski definition) is 1. The molecule has 302 valence electrons. The van der Waals surface area contributed by atoms with Gasteiger partial charge in [0.05, 0.1) is 33.8 Å². The minimum Gasteiger partial charge on any atom is -0.507 e. The van der Waals surface area contributed by atoms with Crippen LogP contribution in [0.3, 0.4) is 0 Å². The van der Waals surface area contributed by atoms with Crippen molar-refractivity contribution in [3.63, 3.8) is 0 Å². The lowest BCUT2D eigenvalue weighted by molar-refractivity contribution is 0.477. The summed E-state index contributed by atoms with van der Waals surface area (Å²) in [5, 5.41) is 15.9. The fourth-order valence-corrected chi connectivity index (χ4v) is 8.83. The molecule has 1 N–H and O–H groups in total. The Bertz CT molecular complexity index is 3300. The topological polar surface area (TPSA) is 50.9 Å². The van der Waals surface area contributed by atoms with Crippen molar-refractivity contribution in [1.29, 1.82) is 0 Å². The number of hydrogen-bond acceptors (Lipinski definition) is 3. The van der Waals surface area contributed by atoms with Gasteiger partial charge in [-0.25, -0.2) is 4.98 Å². The molecule has 3 heterocycles. The minimum absolute atomic E-state index is 0.0414. The summed E-state index contributed by atoms with van der Waals surface area (Å²) in [5.74, 6) is 0.200. The molecule has 4 heteroatoms. The summed E-state index contributed by atoms with van der Waals surface area (Å²) < 4.78 is 2.44. The molecule has 0 aliphatic heterocycles. The van der Waals surface area contributed by atoms with Gasteiger partial charge in [-0.3, -0.25) is 4.98 Å². The molecule has 0 bridgehead atoms. The molecule has 10 aromatic rings. The van der Waals surface area contributed by atoms with Crippen LogP contribution in [0.2, 0.25) is 0 Å². The number of fused-ring (bicyclic) bond motifs is 4. The molecule has 3 aromatic heterocycles. The third-order valence-corrected chi connectivity index (χ3v) is 12.2. The predicted octanol–water partition coefficient (Wildman–Crippen LogP) is 15.4. The third-order valence-electron chi connectivity index (χ3n) is 12.2. The van der Waals surface area contributed by atoms with Crippen LogP contribution in [-0.2, 0) is 10.8 Å². The highest BCUT2D eigenvalue weighted by atomic mass is 16.3. The molecule has 0 amide bonds. The van der Waals surface area contributed by atoms with E-state index in [-0.39, 0.29) is 16.6 Å². The molecule has 4 nitrogen and oxygen atoms in total. The van der Waals surface area contributed by atoms with Crippen molar-refractivity contribution >= 4 is 32.6 Å². The Hall–Kier alpha value is -7.30. The second kappa shape index (κ2) is 15.0. The van der Waals surface area contributed by atoms with E-state index in [1.807, 2.05) is 24.4 Å². The highest BCUT2D eigenvalue weighted by Gasteiger charge is 2.23. The summed E-state index contributed by atoms with van der Waals surface area (Å²) in [4.78, 5) is 10.2. The summed E-state index contributed by atoms with van der Waals surface area (Å²) >= 11 is 0. The summed E-state index contributed by atoms with van der Waals surface area (Å²) in [6.07, 6.45) is 1.92. The average molecular weight is 804 g/mol. The number of aromatic nitrogens is 3. The Kier molecular flexibility index (Phi) is 9.41. The number of para-hydroxylation sites is 3. The molecule has 0 aliphatic carbocycles. The monoisotopic (exact) mass is 803 g/mol. The second-order valence-electron chi connectivity index (χ2n) is 18.5. The Morgan fingerprint density at radius 3 is 1.79 bits per heavy atom. The number of nitrogens with zero attached hydrogens (tertiary/aromatic N) is 3. The Labute approximate surface area is 363 Å². The van der Waals surface area contributed by atoms with Gasteiger partial charge in [-0.2, -0.15) is 0 Å². The molecule has 62 heavy (non-hydrogen) atoms. The highest BCUT2D eigenvalue weighted by molar-refractivity contribution is 6.15. The van der Waals surface area contributed by atoms with E-state index >= 15 is 0 Å². The van der Waals surface area contributed by atoms with E-state index < -0.39 is 0 Å². The maximum Gasteiger partial charge on any atom is 0.124 e. The Balaban J connectivity index is 1.12. The summed E-state index contributed by atoms with van der Waals surface area (Å²) in [5.41, 5.74) is 15.4. The molecule has 0 fully saturated rings. The zero-order valence-electron chi connectivity index (χ0n) is 36.1. The van der Waals surface area contributed by atoms with E-state index in [1.54, 1.807) is 6.07 Å². The molecule has 0 spiro atoms. The van der Waals surface area contributed by atoms with Gasteiger partial charge in [0.25, 0.3) is 0 Å². The minimum atomic E-state index is -0.0414. The van der Waals surface area contributed by atoms with Gasteiger partial charge in [0.1, 0.15) is 5.75 Å². The van der Waals surface area contributed by atoms with Crippen LogP contribution in [0.15, 0.2) is 182 Å². The average Bonchev–Trinajstić information content (AvgIpc) is 3.62. The van der Waals surface area contributed by atoms with Crippen molar-refractivity contribution in [3.8, 4) is 67.5 Å². The normalized spacial score (nSPS) is 12.1. The molecule has 0 aliphatic rings. The third kappa shape index (κ3) is 7.02. The number of pyridine rings is 2. The van der Waals surface area contributed by atoms with Crippen LogP contribution in [0.1, 0.15) is 52.7 Å². The molecule has 7 aromatic carbocycles. The fourth-order valence-electron chi connectivity index (χ4n) is 8.83. The van der Waals surface area contributed by atoms with Crippen LogP contribution in [0.5, 0.6) is 5.75 Å². The maximum atomic E-state index is 11.1. The van der Waals surface area contributed by atoms with E-state index in [0.29, 0.717) is 11.3 Å². The molecular weight excluding hydrogens is 755 g/mol. The summed E-state index contributed by atoms with van der Waals surface area (Å²) in [6, 6.07) is 62.1. The number of benzene rings is 7. The van der Waals surface area contributed by atoms with Gasteiger partial charge in [-0.05, 0) is 98.6 Å². The molecule has 0 unspecified atom stereocenters. The van der Waals surface area contributed by atoms with Crippen LogP contribution >= 0.6 is 0 Å². The van der Waals surface area contributed by atoms with Crippen LogP contribution in [0.25, 0.3) is 94.3 Å². The maximum absolute atomic E-state index is 11.1. The first-order chi connectivity index (χ1) is 29.9. The molecular formula is C58H49N3O. The van der Waals surface area contributed by atoms with Gasteiger partial charge >= 0.3 is 0 Å². The predicted molar refractivity (Wildman–Crippen MR) is 260 cm³/mol. The first kappa shape index (κ1) is 38.9. The lowest BCUT2D eigenvalue weighted by Gasteiger charge is -2.26. The molecule has 0 atom stereocenters. The summed E-state index contributed by atoms with van der Waals surface area (Å²) in [7, 11) is 0. The van der Waals surface area contributed by atoms with E-state index in [1.165, 1.54) is 43.7 Å². The number of phenolic OH excluding ortho intramolecular Hbond substituents is 1. The van der Waals surface area contributed by atoms with Gasteiger partial charge in [-0.15, -0.1) is 0 Å². The van der Waals surface area contributed by atoms with Gasteiger partial charge in [-0.1, -0.05) is 163 Å². The molecule has 0 saturated heterocycles. The first-order valence-electron chi connectivity index (χ1n) is 21.5. The second-order valence-corrected chi connectivity index (χ2v) is 18.5. The lowest BCUT2D eigenvalue weighted by Crippen LogP contribution is -2.16. The van der Waals surface area contributed by atoms with Crippen molar-refractivity contribution < 1.29 is 5.11 Å². The number of rotatable bonds is 6. The highest BCUT2D eigenvalue weighted by Crippen LogP contribution is 2.42.